The Hall–Kier alpha value is -4.37. The van der Waals surface area contributed by atoms with Crippen LogP contribution in [0.25, 0.3) is 66.0 Å². The van der Waals surface area contributed by atoms with Crippen LogP contribution in [0.15, 0.2) is 91.0 Å². The Balaban J connectivity index is 1.65. The predicted molar refractivity (Wildman–Crippen MR) is 145 cm³/mol. The molecule has 0 spiro atoms. The maximum Gasteiger partial charge on any atom is 0.220 e. The van der Waals surface area contributed by atoms with Crippen molar-refractivity contribution in [3.8, 4) is 11.1 Å². The number of rotatable bonds is 0. The third-order valence-corrected chi connectivity index (χ3v) is 8.40. The second-order valence-corrected chi connectivity index (χ2v) is 10.5. The fourth-order valence-electron chi connectivity index (χ4n) is 6.82. The molecule has 0 atom stereocenters. The van der Waals surface area contributed by atoms with Gasteiger partial charge >= 0.3 is 0 Å². The summed E-state index contributed by atoms with van der Waals surface area (Å²) in [5, 5.41) is 5.19. The minimum Gasteiger partial charge on any atom is -0.277 e. The van der Waals surface area contributed by atoms with E-state index < -0.39 is 0 Å². The molecule has 9 rings (SSSR count). The average molecular weight is 448 g/mol. The van der Waals surface area contributed by atoms with Crippen LogP contribution in [0.3, 0.4) is 0 Å². The molecule has 0 bridgehead atoms. The van der Waals surface area contributed by atoms with Crippen LogP contribution in [0.2, 0.25) is 0 Å². The third kappa shape index (κ3) is 1.92. The summed E-state index contributed by atoms with van der Waals surface area (Å²) in [5.74, 6) is 0.992. The molecule has 35 heavy (non-hydrogen) atoms. The molecule has 8 aromatic rings. The molecule has 1 aliphatic carbocycles. The first-order valence-electron chi connectivity index (χ1n) is 12.3. The molecule has 3 heterocycles. The van der Waals surface area contributed by atoms with Gasteiger partial charge in [-0.15, -0.1) is 0 Å². The second kappa shape index (κ2) is 5.64. The minimum atomic E-state index is -0.0684. The molecule has 0 fully saturated rings. The van der Waals surface area contributed by atoms with Gasteiger partial charge in [0.05, 0.1) is 27.6 Å². The Morgan fingerprint density at radius 2 is 1.40 bits per heavy atom. The van der Waals surface area contributed by atoms with Gasteiger partial charge in [-0.05, 0) is 63.4 Å². The van der Waals surface area contributed by atoms with E-state index in [0.29, 0.717) is 0 Å². The van der Waals surface area contributed by atoms with Crippen LogP contribution in [0.4, 0.5) is 0 Å². The Morgan fingerprint density at radius 1 is 0.657 bits per heavy atom. The zero-order chi connectivity index (χ0) is 23.1. The van der Waals surface area contributed by atoms with E-state index in [1.165, 1.54) is 60.3 Å². The SMILES string of the molecule is CC1(C)c2ccccc2-c2c1cc1c3c2c2cc4ccccc4cc2n3c2nc3ccccc3n12. The lowest BCUT2D eigenvalue weighted by Gasteiger charge is -2.21. The third-order valence-electron chi connectivity index (χ3n) is 8.40. The molecule has 3 aromatic heterocycles. The smallest absolute Gasteiger partial charge is 0.220 e. The van der Waals surface area contributed by atoms with Crippen LogP contribution in [0, 0.1) is 0 Å². The van der Waals surface area contributed by atoms with Gasteiger partial charge in [0.25, 0.3) is 0 Å². The van der Waals surface area contributed by atoms with Crippen molar-refractivity contribution in [1.82, 2.24) is 13.8 Å². The molecule has 0 saturated heterocycles. The van der Waals surface area contributed by atoms with E-state index in [1.807, 2.05) is 0 Å². The van der Waals surface area contributed by atoms with E-state index in [0.717, 1.165) is 16.8 Å². The minimum absolute atomic E-state index is 0.0684. The van der Waals surface area contributed by atoms with E-state index in [4.69, 9.17) is 4.98 Å². The Kier molecular flexibility index (Phi) is 2.90. The lowest BCUT2D eigenvalue weighted by Crippen LogP contribution is -2.14. The number of imidazole rings is 2. The lowest BCUT2D eigenvalue weighted by atomic mass is 9.82. The van der Waals surface area contributed by atoms with Gasteiger partial charge in [0, 0.05) is 16.2 Å². The van der Waals surface area contributed by atoms with Gasteiger partial charge in [-0.25, -0.2) is 4.98 Å². The Morgan fingerprint density at radius 3 is 2.29 bits per heavy atom. The van der Waals surface area contributed by atoms with E-state index in [1.54, 1.807) is 0 Å². The molecule has 5 aromatic carbocycles. The number of nitrogens with zero attached hydrogens (tertiary/aromatic N) is 3. The molecule has 3 nitrogen and oxygen atoms in total. The summed E-state index contributed by atoms with van der Waals surface area (Å²) in [4.78, 5) is 5.15. The van der Waals surface area contributed by atoms with Crippen LogP contribution in [0.5, 0.6) is 0 Å². The number of aromatic nitrogens is 3. The monoisotopic (exact) mass is 447 g/mol. The summed E-state index contributed by atoms with van der Waals surface area (Å²) < 4.78 is 4.77. The van der Waals surface area contributed by atoms with Gasteiger partial charge in [0.15, 0.2) is 0 Å². The number of fused-ring (bicyclic) bond motifs is 13. The molecule has 1 aliphatic rings. The van der Waals surface area contributed by atoms with Crippen molar-refractivity contribution in [2.24, 2.45) is 0 Å². The molecule has 0 amide bonds. The number of hydrogen-bond acceptors (Lipinski definition) is 1. The molecule has 0 aliphatic heterocycles. The van der Waals surface area contributed by atoms with Crippen molar-refractivity contribution in [1.29, 1.82) is 0 Å². The number of benzene rings is 5. The van der Waals surface area contributed by atoms with Crippen LogP contribution < -0.4 is 0 Å². The standard InChI is InChI=1S/C32H21N3/c1-32(2)22-12-6-5-11-20(22)28-23(32)17-27-30-29(28)21-15-18-9-3-4-10-19(18)16-26(21)35(30)31-33-24-13-7-8-14-25(24)34(27)31/h3-17H,1-2H3. The summed E-state index contributed by atoms with van der Waals surface area (Å²) in [5.41, 5.74) is 11.4. The zero-order valence-corrected chi connectivity index (χ0v) is 19.5. The molecular weight excluding hydrogens is 426 g/mol. The van der Waals surface area contributed by atoms with Crippen molar-refractivity contribution in [2.45, 2.75) is 19.3 Å². The molecule has 164 valence electrons. The van der Waals surface area contributed by atoms with Gasteiger partial charge in [-0.2, -0.15) is 0 Å². The summed E-state index contributed by atoms with van der Waals surface area (Å²) >= 11 is 0. The summed E-state index contributed by atoms with van der Waals surface area (Å²) in [6, 6.07) is 33.3. The lowest BCUT2D eigenvalue weighted by molar-refractivity contribution is 0.661. The van der Waals surface area contributed by atoms with Crippen molar-refractivity contribution < 1.29 is 0 Å². The first-order chi connectivity index (χ1) is 17.1. The maximum absolute atomic E-state index is 5.15. The molecule has 0 N–H and O–H groups in total. The summed E-state index contributed by atoms with van der Waals surface area (Å²) in [6.45, 7) is 4.74. The maximum atomic E-state index is 5.15. The predicted octanol–water partition coefficient (Wildman–Crippen LogP) is 7.94. The fraction of sp³-hybridized carbons (Fsp3) is 0.0938. The second-order valence-electron chi connectivity index (χ2n) is 10.5. The highest BCUT2D eigenvalue weighted by molar-refractivity contribution is 6.24. The molecule has 0 saturated carbocycles. The van der Waals surface area contributed by atoms with Crippen molar-refractivity contribution >= 4 is 54.9 Å². The molecule has 3 heteroatoms. The largest absolute Gasteiger partial charge is 0.277 e. The van der Waals surface area contributed by atoms with Crippen LogP contribution in [-0.4, -0.2) is 13.8 Å². The first kappa shape index (κ1) is 18.0. The van der Waals surface area contributed by atoms with Crippen LogP contribution >= 0.6 is 0 Å². The van der Waals surface area contributed by atoms with Crippen LogP contribution in [-0.2, 0) is 5.41 Å². The highest BCUT2D eigenvalue weighted by Gasteiger charge is 2.38. The highest BCUT2D eigenvalue weighted by atomic mass is 15.2. The molecule has 0 radical (unpaired) electrons. The van der Waals surface area contributed by atoms with Gasteiger partial charge in [-0.3, -0.25) is 8.80 Å². The van der Waals surface area contributed by atoms with E-state index in [9.17, 15) is 0 Å². The Bertz CT molecular complexity index is 2190. The molecular formula is C32H21N3. The summed E-state index contributed by atoms with van der Waals surface area (Å²) in [7, 11) is 0. The average Bonchev–Trinajstić information content (AvgIpc) is 3.57. The van der Waals surface area contributed by atoms with Crippen molar-refractivity contribution in [3.63, 3.8) is 0 Å². The van der Waals surface area contributed by atoms with Gasteiger partial charge in [0.1, 0.15) is 0 Å². The molecule has 0 unspecified atom stereocenters. The first-order valence-corrected chi connectivity index (χ1v) is 12.3. The number of hydrogen-bond donors (Lipinski definition) is 0. The quantitative estimate of drug-likeness (QED) is 0.231. The van der Waals surface area contributed by atoms with Gasteiger partial charge < -0.3 is 0 Å². The van der Waals surface area contributed by atoms with Crippen LogP contribution in [0.1, 0.15) is 25.0 Å². The van der Waals surface area contributed by atoms with Crippen molar-refractivity contribution in [2.75, 3.05) is 0 Å². The highest BCUT2D eigenvalue weighted by Crippen LogP contribution is 2.54. The normalized spacial score (nSPS) is 14.8. The zero-order valence-electron chi connectivity index (χ0n) is 19.5. The van der Waals surface area contributed by atoms with Gasteiger partial charge in [0.2, 0.25) is 5.78 Å². The Labute approximate surface area is 201 Å². The van der Waals surface area contributed by atoms with E-state index in [2.05, 4.69) is 114 Å². The summed E-state index contributed by atoms with van der Waals surface area (Å²) in [6.07, 6.45) is 0. The number of para-hydroxylation sites is 2. The van der Waals surface area contributed by atoms with Gasteiger partial charge in [-0.1, -0.05) is 74.5 Å². The van der Waals surface area contributed by atoms with E-state index in [-0.39, 0.29) is 5.41 Å². The van der Waals surface area contributed by atoms with E-state index >= 15 is 0 Å². The van der Waals surface area contributed by atoms with Crippen molar-refractivity contribution in [3.05, 3.63) is 102 Å². The fourth-order valence-corrected chi connectivity index (χ4v) is 6.82. The topological polar surface area (TPSA) is 21.7 Å².